The van der Waals surface area contributed by atoms with Gasteiger partial charge in [0.2, 0.25) is 0 Å². The number of nitrogens with zero attached hydrogens (tertiary/aromatic N) is 1. The van der Waals surface area contributed by atoms with Crippen LogP contribution in [-0.2, 0) is 6.54 Å². The summed E-state index contributed by atoms with van der Waals surface area (Å²) < 4.78 is 1.23. The molecule has 0 aliphatic carbocycles. The molecule has 1 atom stereocenters. The molecule has 0 amide bonds. The summed E-state index contributed by atoms with van der Waals surface area (Å²) in [6.07, 6.45) is 1.23. The highest BCUT2D eigenvalue weighted by Gasteiger charge is 2.27. The van der Waals surface area contributed by atoms with Crippen LogP contribution >= 0.6 is 27.3 Å². The van der Waals surface area contributed by atoms with Gasteiger partial charge < -0.3 is 5.32 Å². The molecule has 0 radical (unpaired) electrons. The average Bonchev–Trinajstić information content (AvgIpc) is 2.56. The zero-order valence-corrected chi connectivity index (χ0v) is 13.2. The Morgan fingerprint density at radius 2 is 2.29 bits per heavy atom. The molecule has 2 nitrogen and oxygen atoms in total. The molecule has 0 saturated carbocycles. The second-order valence-electron chi connectivity index (χ2n) is 5.56. The van der Waals surface area contributed by atoms with E-state index in [1.54, 1.807) is 0 Å². The van der Waals surface area contributed by atoms with Crippen LogP contribution < -0.4 is 5.32 Å². The van der Waals surface area contributed by atoms with E-state index in [2.05, 4.69) is 59.1 Å². The van der Waals surface area contributed by atoms with E-state index in [1.165, 1.54) is 15.1 Å². The minimum Gasteiger partial charge on any atom is -0.310 e. The molecular formula is C13H21BrN2S. The van der Waals surface area contributed by atoms with E-state index in [0.717, 1.165) is 19.6 Å². The minimum atomic E-state index is 0.221. The molecule has 0 spiro atoms. The van der Waals surface area contributed by atoms with E-state index in [0.29, 0.717) is 6.04 Å². The lowest BCUT2D eigenvalue weighted by atomic mass is 10.1. The third-order valence-electron chi connectivity index (χ3n) is 3.38. The van der Waals surface area contributed by atoms with Crippen molar-refractivity contribution in [3.05, 3.63) is 20.8 Å². The van der Waals surface area contributed by atoms with Gasteiger partial charge in [0.05, 0.1) is 3.79 Å². The van der Waals surface area contributed by atoms with Crippen molar-refractivity contribution in [2.24, 2.45) is 0 Å². The van der Waals surface area contributed by atoms with Crippen molar-refractivity contribution in [1.82, 2.24) is 10.2 Å². The van der Waals surface area contributed by atoms with Crippen LogP contribution in [0.15, 0.2) is 15.9 Å². The molecule has 1 unspecified atom stereocenters. The lowest BCUT2D eigenvalue weighted by Gasteiger charge is -2.32. The standard InChI is InChI=1S/C13H21BrN2S/c1-10-6-7-15-13(2,3)9-16(10)8-11-4-5-12(14)17-11/h4-5,10,15H,6-9H2,1-3H3. The Labute approximate surface area is 117 Å². The number of halogens is 1. The van der Waals surface area contributed by atoms with E-state index in [-0.39, 0.29) is 5.54 Å². The Hall–Kier alpha value is 0.1000. The van der Waals surface area contributed by atoms with Gasteiger partial charge >= 0.3 is 0 Å². The van der Waals surface area contributed by atoms with Crippen molar-refractivity contribution in [3.8, 4) is 0 Å². The van der Waals surface area contributed by atoms with E-state index in [4.69, 9.17) is 0 Å². The molecule has 2 rings (SSSR count). The maximum Gasteiger partial charge on any atom is 0.0701 e. The highest BCUT2D eigenvalue weighted by Crippen LogP contribution is 2.25. The smallest absolute Gasteiger partial charge is 0.0701 e. The highest BCUT2D eigenvalue weighted by atomic mass is 79.9. The fraction of sp³-hybridized carbons (Fsp3) is 0.692. The van der Waals surface area contributed by atoms with E-state index >= 15 is 0 Å². The molecule has 1 aromatic heterocycles. The summed E-state index contributed by atoms with van der Waals surface area (Å²) in [5.41, 5.74) is 0.221. The normalized spacial score (nSPS) is 25.8. The lowest BCUT2D eigenvalue weighted by molar-refractivity contribution is 0.174. The Morgan fingerprint density at radius 1 is 1.53 bits per heavy atom. The first-order valence-electron chi connectivity index (χ1n) is 6.19. The molecule has 1 saturated heterocycles. The van der Waals surface area contributed by atoms with Gasteiger partial charge in [-0.15, -0.1) is 11.3 Å². The number of nitrogens with one attached hydrogen (secondary N) is 1. The van der Waals surface area contributed by atoms with Crippen molar-refractivity contribution < 1.29 is 0 Å². The lowest BCUT2D eigenvalue weighted by Crippen LogP contribution is -2.47. The topological polar surface area (TPSA) is 15.3 Å². The average molecular weight is 317 g/mol. The molecule has 17 heavy (non-hydrogen) atoms. The molecule has 4 heteroatoms. The van der Waals surface area contributed by atoms with E-state index in [9.17, 15) is 0 Å². The van der Waals surface area contributed by atoms with Crippen LogP contribution in [0.4, 0.5) is 0 Å². The van der Waals surface area contributed by atoms with Crippen LogP contribution in [0, 0.1) is 0 Å². The summed E-state index contributed by atoms with van der Waals surface area (Å²) in [5, 5.41) is 3.62. The van der Waals surface area contributed by atoms with E-state index < -0.39 is 0 Å². The number of hydrogen-bond acceptors (Lipinski definition) is 3. The van der Waals surface area contributed by atoms with Crippen LogP contribution in [0.2, 0.25) is 0 Å². The van der Waals surface area contributed by atoms with Crippen LogP contribution in [0.1, 0.15) is 32.1 Å². The Kier molecular flexibility index (Phi) is 4.29. The quantitative estimate of drug-likeness (QED) is 0.898. The van der Waals surface area contributed by atoms with Gasteiger partial charge in [-0.1, -0.05) is 0 Å². The van der Waals surface area contributed by atoms with Gasteiger partial charge in [0, 0.05) is 29.5 Å². The largest absolute Gasteiger partial charge is 0.310 e. The van der Waals surface area contributed by atoms with Crippen molar-refractivity contribution in [2.45, 2.75) is 45.3 Å². The van der Waals surface area contributed by atoms with Gasteiger partial charge in [-0.25, -0.2) is 0 Å². The molecular weight excluding hydrogens is 296 g/mol. The van der Waals surface area contributed by atoms with Crippen LogP contribution in [0.3, 0.4) is 0 Å². The molecule has 1 aromatic rings. The number of thiophene rings is 1. The molecule has 1 fully saturated rings. The van der Waals surface area contributed by atoms with Crippen molar-refractivity contribution in [3.63, 3.8) is 0 Å². The fourth-order valence-electron chi connectivity index (χ4n) is 2.37. The van der Waals surface area contributed by atoms with Gasteiger partial charge in [-0.2, -0.15) is 0 Å². The second kappa shape index (κ2) is 5.39. The fourth-order valence-corrected chi connectivity index (χ4v) is 3.88. The first kappa shape index (κ1) is 13.5. The maximum absolute atomic E-state index is 3.62. The first-order chi connectivity index (χ1) is 7.96. The molecule has 1 aliphatic rings. The zero-order chi connectivity index (χ0) is 12.5. The van der Waals surface area contributed by atoms with Crippen molar-refractivity contribution >= 4 is 27.3 Å². The van der Waals surface area contributed by atoms with Crippen molar-refractivity contribution in [2.75, 3.05) is 13.1 Å². The van der Waals surface area contributed by atoms with Crippen LogP contribution in [0.25, 0.3) is 0 Å². The molecule has 0 aromatic carbocycles. The van der Waals surface area contributed by atoms with Gasteiger partial charge in [0.1, 0.15) is 0 Å². The zero-order valence-electron chi connectivity index (χ0n) is 10.8. The third kappa shape index (κ3) is 3.78. The summed E-state index contributed by atoms with van der Waals surface area (Å²) in [5.74, 6) is 0. The number of hydrogen-bond donors (Lipinski definition) is 1. The third-order valence-corrected chi connectivity index (χ3v) is 4.98. The predicted octanol–water partition coefficient (Wildman–Crippen LogP) is 3.47. The predicted molar refractivity (Wildman–Crippen MR) is 78.6 cm³/mol. The minimum absolute atomic E-state index is 0.221. The summed E-state index contributed by atoms with van der Waals surface area (Å²) >= 11 is 5.38. The molecule has 2 heterocycles. The summed E-state index contributed by atoms with van der Waals surface area (Å²) in [6, 6.07) is 5.03. The van der Waals surface area contributed by atoms with Crippen LogP contribution in [0.5, 0.6) is 0 Å². The van der Waals surface area contributed by atoms with Gasteiger partial charge in [-0.05, 0) is 61.8 Å². The van der Waals surface area contributed by atoms with Gasteiger partial charge in [0.25, 0.3) is 0 Å². The molecule has 1 aliphatic heterocycles. The second-order valence-corrected chi connectivity index (χ2v) is 8.11. The van der Waals surface area contributed by atoms with Crippen molar-refractivity contribution in [1.29, 1.82) is 0 Å². The van der Waals surface area contributed by atoms with Gasteiger partial charge in [-0.3, -0.25) is 4.90 Å². The molecule has 1 N–H and O–H groups in total. The molecule has 96 valence electrons. The monoisotopic (exact) mass is 316 g/mol. The summed E-state index contributed by atoms with van der Waals surface area (Å²) in [4.78, 5) is 4.04. The highest BCUT2D eigenvalue weighted by molar-refractivity contribution is 9.11. The first-order valence-corrected chi connectivity index (χ1v) is 7.80. The Morgan fingerprint density at radius 3 is 2.94 bits per heavy atom. The number of rotatable bonds is 2. The maximum atomic E-state index is 3.62. The van der Waals surface area contributed by atoms with E-state index in [1.807, 2.05) is 11.3 Å². The SMILES string of the molecule is CC1CCNC(C)(C)CN1Cc1ccc(Br)s1. The summed E-state index contributed by atoms with van der Waals surface area (Å²) in [7, 11) is 0. The Bertz CT molecular complexity index is 375. The van der Waals surface area contributed by atoms with Gasteiger partial charge in [0.15, 0.2) is 0 Å². The summed E-state index contributed by atoms with van der Waals surface area (Å²) in [6.45, 7) is 10.2. The Balaban J connectivity index is 2.06. The van der Waals surface area contributed by atoms with Crippen LogP contribution in [-0.4, -0.2) is 29.6 Å². The molecule has 0 bridgehead atoms.